The van der Waals surface area contributed by atoms with E-state index in [0.717, 1.165) is 45.1 Å². The van der Waals surface area contributed by atoms with Crippen LogP contribution >= 0.6 is 0 Å². The largest absolute Gasteiger partial charge is 0.381 e. The van der Waals surface area contributed by atoms with Crippen molar-refractivity contribution in [2.24, 2.45) is 0 Å². The normalized spacial score (nSPS) is 17.4. The lowest BCUT2D eigenvalue weighted by Crippen LogP contribution is -2.32. The highest BCUT2D eigenvalue weighted by Gasteiger charge is 2.23. The highest BCUT2D eigenvalue weighted by molar-refractivity contribution is 6.07. The van der Waals surface area contributed by atoms with Gasteiger partial charge < -0.3 is 25.3 Å². The molecule has 0 atom stereocenters. The van der Waals surface area contributed by atoms with Crippen molar-refractivity contribution in [2.45, 2.75) is 77.4 Å². The van der Waals surface area contributed by atoms with Crippen molar-refractivity contribution in [3.05, 3.63) is 58.0 Å². The number of anilines is 2. The van der Waals surface area contributed by atoms with Gasteiger partial charge in [0.25, 0.3) is 11.5 Å². The number of unbranched alkanes of at least 4 members (excludes halogenated alkanes) is 1. The molecule has 1 heterocycles. The zero-order chi connectivity index (χ0) is 25.6. The van der Waals surface area contributed by atoms with E-state index in [1.54, 1.807) is 19.4 Å². The minimum atomic E-state index is -0.407. The third-order valence-corrected chi connectivity index (χ3v) is 6.34. The molecule has 1 aromatic carbocycles. The van der Waals surface area contributed by atoms with Crippen LogP contribution in [0.2, 0.25) is 0 Å². The number of nitrogens with zero attached hydrogens (tertiary/aromatic N) is 1. The molecule has 3 rings (SSSR count). The number of aromatic nitrogens is 1. The number of methoxy groups -OCH3 is 1. The minimum Gasteiger partial charge on any atom is -0.381 e. The summed E-state index contributed by atoms with van der Waals surface area (Å²) < 4.78 is 5.43. The number of rotatable bonds is 10. The van der Waals surface area contributed by atoms with Gasteiger partial charge in [-0.25, -0.2) is 0 Å². The third-order valence-electron chi connectivity index (χ3n) is 6.34. The fourth-order valence-electron chi connectivity index (χ4n) is 4.03. The Morgan fingerprint density at radius 2 is 1.71 bits per heavy atom. The van der Waals surface area contributed by atoms with Gasteiger partial charge in [-0.05, 0) is 82.9 Å². The van der Waals surface area contributed by atoms with E-state index < -0.39 is 11.5 Å². The van der Waals surface area contributed by atoms with Crippen LogP contribution in [-0.2, 0) is 11.2 Å². The highest BCUT2D eigenvalue weighted by Crippen LogP contribution is 2.25. The molecule has 0 aliphatic heterocycles. The molecule has 7 nitrogen and oxygen atoms in total. The van der Waals surface area contributed by atoms with Gasteiger partial charge in [0.2, 0.25) is 0 Å². The van der Waals surface area contributed by atoms with Crippen molar-refractivity contribution in [3.63, 3.8) is 0 Å². The zero-order valence-electron chi connectivity index (χ0n) is 22.2. The Kier molecular flexibility index (Phi) is 12.6. The number of amides is 1. The van der Waals surface area contributed by atoms with Gasteiger partial charge in [-0.3, -0.25) is 9.59 Å². The molecular weight excluding hydrogens is 440 g/mol. The average molecular weight is 485 g/mol. The first kappa shape index (κ1) is 28.6. The Balaban J connectivity index is 0.00000100. The number of benzene rings is 1. The molecule has 0 bridgehead atoms. The number of hydrogen-bond acceptors (Lipinski definition) is 5. The Bertz CT molecular complexity index is 930. The molecule has 35 heavy (non-hydrogen) atoms. The second kappa shape index (κ2) is 15.4. The van der Waals surface area contributed by atoms with Gasteiger partial charge in [0.15, 0.2) is 0 Å². The zero-order valence-corrected chi connectivity index (χ0v) is 22.2. The van der Waals surface area contributed by atoms with Gasteiger partial charge in [0.05, 0.1) is 11.8 Å². The molecule has 0 spiro atoms. The number of hydrogen-bond donors (Lipinski definition) is 3. The number of nitrogens with one attached hydrogen (secondary N) is 3. The van der Waals surface area contributed by atoms with Crippen LogP contribution in [0.25, 0.3) is 0 Å². The second-order valence-corrected chi connectivity index (χ2v) is 9.51. The Hall–Kier alpha value is -2.64. The average Bonchev–Trinajstić information content (AvgIpc) is 2.85. The molecular formula is C28H44N4O3. The number of H-pyrrole nitrogens is 1. The van der Waals surface area contributed by atoms with Crippen LogP contribution in [0.5, 0.6) is 0 Å². The molecule has 1 aliphatic rings. The Morgan fingerprint density at radius 3 is 2.29 bits per heavy atom. The van der Waals surface area contributed by atoms with Gasteiger partial charge >= 0.3 is 0 Å². The summed E-state index contributed by atoms with van der Waals surface area (Å²) in [6.45, 7) is 5.40. The maximum absolute atomic E-state index is 12.9. The summed E-state index contributed by atoms with van der Waals surface area (Å²) >= 11 is 0. The summed E-state index contributed by atoms with van der Waals surface area (Å²) in [6, 6.07) is 9.80. The van der Waals surface area contributed by atoms with Gasteiger partial charge in [-0.15, -0.1) is 0 Å². The van der Waals surface area contributed by atoms with Gasteiger partial charge in [-0.1, -0.05) is 38.8 Å². The van der Waals surface area contributed by atoms with Crippen molar-refractivity contribution in [2.75, 3.05) is 38.4 Å². The molecule has 0 saturated heterocycles. The molecule has 2 aromatic rings. The summed E-state index contributed by atoms with van der Waals surface area (Å²) in [6.07, 6.45) is 10.4. The summed E-state index contributed by atoms with van der Waals surface area (Å²) in [4.78, 5) is 30.2. The first-order valence-electron chi connectivity index (χ1n) is 12.9. The Morgan fingerprint density at radius 1 is 1.06 bits per heavy atom. The first-order valence-corrected chi connectivity index (χ1v) is 12.9. The van der Waals surface area contributed by atoms with E-state index in [1.807, 2.05) is 24.3 Å². The number of carbonyl (C=O) groups excluding carboxylic acids is 1. The van der Waals surface area contributed by atoms with Crippen LogP contribution in [0.1, 0.15) is 74.7 Å². The van der Waals surface area contributed by atoms with Crippen molar-refractivity contribution < 1.29 is 9.53 Å². The van der Waals surface area contributed by atoms with E-state index in [0.29, 0.717) is 17.5 Å². The lowest BCUT2D eigenvalue weighted by Gasteiger charge is -2.29. The van der Waals surface area contributed by atoms with E-state index in [-0.39, 0.29) is 11.6 Å². The SMILES string of the molecule is CCCC.COC1CCC(Nc2cc[nH]c(=O)c2C(=O)Nc2ccc(CCCN(C)C)cc2)CC1. The van der Waals surface area contributed by atoms with Gasteiger partial charge in [0.1, 0.15) is 5.56 Å². The molecule has 1 fully saturated rings. The van der Waals surface area contributed by atoms with Crippen LogP contribution < -0.4 is 16.2 Å². The topological polar surface area (TPSA) is 86.5 Å². The number of pyridine rings is 1. The van der Waals surface area contributed by atoms with Crippen LogP contribution in [-0.4, -0.2) is 55.7 Å². The Labute approximate surface area is 210 Å². The molecule has 3 N–H and O–H groups in total. The van der Waals surface area contributed by atoms with Gasteiger partial charge in [-0.2, -0.15) is 0 Å². The molecule has 194 valence electrons. The maximum atomic E-state index is 12.9. The summed E-state index contributed by atoms with van der Waals surface area (Å²) in [7, 11) is 5.88. The van der Waals surface area contributed by atoms with E-state index in [2.05, 4.69) is 48.5 Å². The van der Waals surface area contributed by atoms with Crippen molar-refractivity contribution in [1.29, 1.82) is 0 Å². The number of carbonyl (C=O) groups is 1. The van der Waals surface area contributed by atoms with E-state index in [4.69, 9.17) is 4.74 Å². The van der Waals surface area contributed by atoms with E-state index in [1.165, 1.54) is 18.4 Å². The lowest BCUT2D eigenvalue weighted by atomic mass is 9.92. The fraction of sp³-hybridized carbons (Fsp3) is 0.571. The van der Waals surface area contributed by atoms with Crippen molar-refractivity contribution in [1.82, 2.24) is 9.88 Å². The smallest absolute Gasteiger partial charge is 0.263 e. The predicted octanol–water partition coefficient (Wildman–Crippen LogP) is 5.30. The number of aromatic amines is 1. The quantitative estimate of drug-likeness (QED) is 0.426. The lowest BCUT2D eigenvalue weighted by molar-refractivity contribution is 0.0681. The minimum absolute atomic E-state index is 0.117. The summed E-state index contributed by atoms with van der Waals surface area (Å²) in [5.41, 5.74) is 2.20. The highest BCUT2D eigenvalue weighted by atomic mass is 16.5. The van der Waals surface area contributed by atoms with Crippen LogP contribution in [0.15, 0.2) is 41.3 Å². The summed E-state index contributed by atoms with van der Waals surface area (Å²) in [5.74, 6) is -0.407. The molecule has 7 heteroatoms. The molecule has 0 radical (unpaired) electrons. The fourth-order valence-corrected chi connectivity index (χ4v) is 4.03. The van der Waals surface area contributed by atoms with Crippen LogP contribution in [0.3, 0.4) is 0 Å². The van der Waals surface area contributed by atoms with Gasteiger partial charge in [0, 0.05) is 25.0 Å². The predicted molar refractivity (Wildman–Crippen MR) is 146 cm³/mol. The molecule has 1 amide bonds. The second-order valence-electron chi connectivity index (χ2n) is 9.51. The molecule has 0 unspecified atom stereocenters. The van der Waals surface area contributed by atoms with Crippen molar-refractivity contribution in [3.8, 4) is 0 Å². The molecule has 1 saturated carbocycles. The van der Waals surface area contributed by atoms with E-state index in [9.17, 15) is 9.59 Å². The molecule has 1 aromatic heterocycles. The number of ether oxygens (including phenoxy) is 1. The van der Waals surface area contributed by atoms with Crippen LogP contribution in [0, 0.1) is 0 Å². The molecule has 1 aliphatic carbocycles. The maximum Gasteiger partial charge on any atom is 0.263 e. The van der Waals surface area contributed by atoms with Crippen molar-refractivity contribution >= 4 is 17.3 Å². The standard InChI is InChI=1S/C24H34N4O3.C4H10/c1-28(2)16-4-5-17-6-8-19(9-7-17)27-24(30)22-21(14-15-25-23(22)29)26-18-10-12-20(31-3)13-11-18;1-3-4-2/h6-9,14-15,18,20H,4-5,10-13,16H2,1-3H3,(H,27,30)(H2,25,26,29);3-4H2,1-2H3. The monoisotopic (exact) mass is 484 g/mol. The first-order chi connectivity index (χ1) is 16.9. The van der Waals surface area contributed by atoms with Crippen LogP contribution in [0.4, 0.5) is 11.4 Å². The van der Waals surface area contributed by atoms with E-state index >= 15 is 0 Å². The summed E-state index contributed by atoms with van der Waals surface area (Å²) in [5, 5.41) is 6.27. The third kappa shape index (κ3) is 9.86. The number of aryl methyl sites for hydroxylation is 1.